The van der Waals surface area contributed by atoms with Crippen LogP contribution in [0.25, 0.3) is 0 Å². The molecule has 1 aromatic heterocycles. The molecule has 1 aromatic rings. The molecule has 2 saturated heterocycles. The number of hydrogen-bond acceptors (Lipinski definition) is 7. The minimum absolute atomic E-state index is 0.768. The summed E-state index contributed by atoms with van der Waals surface area (Å²) in [7, 11) is 4.45. The van der Waals surface area contributed by atoms with Crippen molar-refractivity contribution >= 4 is 17.9 Å². The molecule has 10 nitrogen and oxygen atoms in total. The number of fused-ring (bicyclic) bond motifs is 1. The van der Waals surface area contributed by atoms with Gasteiger partial charge in [0.15, 0.2) is 0 Å². The van der Waals surface area contributed by atoms with Crippen molar-refractivity contribution < 1.29 is 73.6 Å². The third-order valence-electron chi connectivity index (χ3n) is 6.68. The monoisotopic (exact) mass is 659 g/mol. The Morgan fingerprint density at radius 2 is 1.36 bits per heavy atom. The molecule has 0 amide bonds. The van der Waals surface area contributed by atoms with E-state index in [1.165, 1.54) is 51.9 Å². The average molecular weight is 660 g/mol. The summed E-state index contributed by atoms with van der Waals surface area (Å²) in [5.41, 5.74) is 0. The predicted molar refractivity (Wildman–Crippen MR) is 133 cm³/mol. The van der Waals surface area contributed by atoms with E-state index in [-0.39, 0.29) is 0 Å². The van der Waals surface area contributed by atoms with E-state index < -0.39 is 36.4 Å². The van der Waals surface area contributed by atoms with E-state index in [1.54, 1.807) is 6.26 Å². The molecule has 3 aliphatic rings. The molecule has 3 heterocycles. The first-order valence-corrected chi connectivity index (χ1v) is 13.1. The molecule has 254 valence electrons. The van der Waals surface area contributed by atoms with Gasteiger partial charge in [-0.25, -0.2) is 14.4 Å². The number of carbonyl (C=O) groups is 3. The van der Waals surface area contributed by atoms with Crippen molar-refractivity contribution in [3.63, 3.8) is 0 Å². The van der Waals surface area contributed by atoms with Crippen LogP contribution in [-0.4, -0.2) is 119 Å². The van der Waals surface area contributed by atoms with Crippen LogP contribution in [0.5, 0.6) is 0 Å². The van der Waals surface area contributed by atoms with Gasteiger partial charge in [0.05, 0.1) is 12.8 Å². The summed E-state index contributed by atoms with van der Waals surface area (Å²) < 4.78 is 101. The minimum Gasteiger partial charge on any atom is -0.475 e. The summed E-state index contributed by atoms with van der Waals surface area (Å²) in [6, 6.07) is 5.70. The zero-order valence-electron chi connectivity index (χ0n) is 23.6. The summed E-state index contributed by atoms with van der Waals surface area (Å²) in [5, 5.41) is 21.4. The Balaban J connectivity index is 0.000000379. The fourth-order valence-electron chi connectivity index (χ4n) is 4.77. The van der Waals surface area contributed by atoms with Gasteiger partial charge in [-0.1, -0.05) is 0 Å². The number of likely N-dealkylation sites (N-methyl/N-ethyl adjacent to an activating group) is 1. The first kappa shape index (κ1) is 39.0. The molecule has 0 bridgehead atoms. The number of carboxylic acid groups (broad SMARTS) is 3. The van der Waals surface area contributed by atoms with Crippen molar-refractivity contribution in [1.29, 1.82) is 0 Å². The topological polar surface area (TPSA) is 135 Å². The van der Waals surface area contributed by atoms with E-state index in [0.29, 0.717) is 0 Å². The van der Waals surface area contributed by atoms with Crippen molar-refractivity contribution in [2.45, 2.75) is 62.8 Å². The number of nitrogens with zero attached hydrogens (tertiary/aromatic N) is 3. The molecule has 0 radical (unpaired) electrons. The van der Waals surface area contributed by atoms with Crippen LogP contribution in [-0.2, 0) is 20.9 Å². The Labute approximate surface area is 246 Å². The normalized spacial score (nSPS) is 22.4. The van der Waals surface area contributed by atoms with Crippen LogP contribution in [0.2, 0.25) is 0 Å². The number of halogens is 9. The summed E-state index contributed by atoms with van der Waals surface area (Å²) in [5.74, 6) is -5.31. The number of likely N-dealkylation sites (tertiary alicyclic amines) is 2. The number of rotatable bonds is 6. The highest BCUT2D eigenvalue weighted by molar-refractivity contribution is 5.73. The molecule has 1 aliphatic carbocycles. The van der Waals surface area contributed by atoms with Gasteiger partial charge in [0.25, 0.3) is 0 Å². The maximum Gasteiger partial charge on any atom is 0.490 e. The van der Waals surface area contributed by atoms with E-state index in [4.69, 9.17) is 34.1 Å². The fourth-order valence-corrected chi connectivity index (χ4v) is 4.77. The second-order valence-corrected chi connectivity index (χ2v) is 10.6. The van der Waals surface area contributed by atoms with Gasteiger partial charge in [0.1, 0.15) is 5.76 Å². The molecule has 2 aliphatic heterocycles. The van der Waals surface area contributed by atoms with Gasteiger partial charge in [-0.05, 0) is 63.7 Å². The first-order valence-electron chi connectivity index (χ1n) is 13.1. The van der Waals surface area contributed by atoms with Gasteiger partial charge >= 0.3 is 36.4 Å². The average Bonchev–Trinajstić information content (AvgIpc) is 3.42. The van der Waals surface area contributed by atoms with Crippen LogP contribution in [0.1, 0.15) is 31.4 Å². The lowest BCUT2D eigenvalue weighted by Gasteiger charge is -2.38. The summed E-state index contributed by atoms with van der Waals surface area (Å²) >= 11 is 0. The van der Waals surface area contributed by atoms with Gasteiger partial charge in [-0.2, -0.15) is 39.5 Å². The minimum atomic E-state index is -5.08. The molecule has 44 heavy (non-hydrogen) atoms. The maximum atomic E-state index is 10.6. The lowest BCUT2D eigenvalue weighted by atomic mass is 9.92. The zero-order chi connectivity index (χ0) is 34.0. The molecule has 1 saturated carbocycles. The molecule has 3 atom stereocenters. The molecule has 0 aromatic carbocycles. The molecule has 3 fully saturated rings. The second kappa shape index (κ2) is 16.3. The summed E-state index contributed by atoms with van der Waals surface area (Å²) in [4.78, 5) is 34.6. The zero-order valence-corrected chi connectivity index (χ0v) is 23.6. The van der Waals surface area contributed by atoms with E-state index in [1.807, 2.05) is 6.07 Å². The van der Waals surface area contributed by atoms with Crippen molar-refractivity contribution in [3.05, 3.63) is 24.2 Å². The smallest absolute Gasteiger partial charge is 0.475 e. The summed E-state index contributed by atoms with van der Waals surface area (Å²) in [6.07, 6.45) is -7.81. The molecular formula is C25H34F9N3O7. The van der Waals surface area contributed by atoms with Crippen LogP contribution in [0.3, 0.4) is 0 Å². The molecular weight excluding hydrogens is 625 g/mol. The lowest BCUT2D eigenvalue weighted by molar-refractivity contribution is -0.193. The second-order valence-electron chi connectivity index (χ2n) is 10.6. The number of carboxylic acids is 3. The summed E-state index contributed by atoms with van der Waals surface area (Å²) in [6.45, 7) is 6.03. The van der Waals surface area contributed by atoms with Gasteiger partial charge in [0, 0.05) is 38.3 Å². The molecule has 4 rings (SSSR count). The van der Waals surface area contributed by atoms with E-state index in [0.717, 1.165) is 36.2 Å². The van der Waals surface area contributed by atoms with Crippen molar-refractivity contribution in [2.24, 2.45) is 11.8 Å². The SMILES string of the molecule is CN(C)C[C@@H]1C[C@@H]2CN(Cc3ccco3)CC[C@@H]2N1CC1CC1.O=C(O)C(F)(F)F.O=C(O)C(F)(F)F.O=C(O)C(F)(F)F. The first-order chi connectivity index (χ1) is 20.0. The third-order valence-corrected chi connectivity index (χ3v) is 6.68. The fraction of sp³-hybridized carbons (Fsp3) is 0.720. The van der Waals surface area contributed by atoms with Crippen LogP contribution in [0.4, 0.5) is 39.5 Å². The van der Waals surface area contributed by atoms with Crippen molar-refractivity contribution in [1.82, 2.24) is 14.7 Å². The van der Waals surface area contributed by atoms with Crippen LogP contribution < -0.4 is 0 Å². The van der Waals surface area contributed by atoms with Crippen LogP contribution in [0, 0.1) is 11.8 Å². The third kappa shape index (κ3) is 14.6. The van der Waals surface area contributed by atoms with Gasteiger partial charge in [-0.3, -0.25) is 9.80 Å². The van der Waals surface area contributed by atoms with Gasteiger partial charge in [-0.15, -0.1) is 0 Å². The van der Waals surface area contributed by atoms with Crippen molar-refractivity contribution in [3.8, 4) is 0 Å². The van der Waals surface area contributed by atoms with E-state index in [9.17, 15) is 39.5 Å². The van der Waals surface area contributed by atoms with E-state index in [2.05, 4.69) is 34.9 Å². The highest BCUT2D eigenvalue weighted by atomic mass is 19.4. The van der Waals surface area contributed by atoms with Crippen molar-refractivity contribution in [2.75, 3.05) is 40.3 Å². The van der Waals surface area contributed by atoms with Gasteiger partial charge in [0.2, 0.25) is 0 Å². The predicted octanol–water partition coefficient (Wildman–Crippen LogP) is 4.42. The Morgan fingerprint density at radius 3 is 1.73 bits per heavy atom. The molecule has 0 spiro atoms. The number of furan rings is 1. The Morgan fingerprint density at radius 1 is 0.886 bits per heavy atom. The number of alkyl halides is 9. The van der Waals surface area contributed by atoms with Crippen LogP contribution in [0.15, 0.2) is 22.8 Å². The number of piperidine rings is 1. The standard InChI is InChI=1S/C19H31N3O.3C2HF3O2/c1-20(2)13-17-10-16-12-21(14-18-4-3-9-23-18)8-7-19(16)22(17)11-15-5-6-15;3*3-2(4,5)1(6)7/h3-4,9,15-17,19H,5-8,10-14H2,1-2H3;3*(H,6,7)/t16-,17+,19+;;;/m1.../s1. The Kier molecular flexibility index (Phi) is 14.4. The van der Waals surface area contributed by atoms with E-state index >= 15 is 0 Å². The van der Waals surface area contributed by atoms with Gasteiger partial charge < -0.3 is 24.6 Å². The highest BCUT2D eigenvalue weighted by Crippen LogP contribution is 2.40. The highest BCUT2D eigenvalue weighted by Gasteiger charge is 2.45. The molecule has 3 N–H and O–H groups in total. The number of aliphatic carboxylic acids is 3. The lowest BCUT2D eigenvalue weighted by Crippen LogP contribution is -2.48. The van der Waals surface area contributed by atoms with Crippen LogP contribution >= 0.6 is 0 Å². The largest absolute Gasteiger partial charge is 0.490 e. The quantitative estimate of drug-likeness (QED) is 0.377. The Bertz CT molecular complexity index is 986. The molecule has 19 heteroatoms. The Hall–Kier alpha value is -3.06. The molecule has 0 unspecified atom stereocenters. The number of hydrogen-bond donors (Lipinski definition) is 3. The maximum absolute atomic E-state index is 10.6.